The highest BCUT2D eigenvalue weighted by molar-refractivity contribution is 6.30. The first-order valence-corrected chi connectivity index (χ1v) is 10.7. The smallest absolute Gasteiger partial charge is 0.246 e. The predicted octanol–water partition coefficient (Wildman–Crippen LogP) is 5.17. The molecule has 0 saturated heterocycles. The zero-order valence-electron chi connectivity index (χ0n) is 17.4. The summed E-state index contributed by atoms with van der Waals surface area (Å²) < 4.78 is 8.13. The molecule has 6 heteroatoms. The number of fused-ring (bicyclic) bond motifs is 1. The highest BCUT2D eigenvalue weighted by Gasteiger charge is 2.10. The van der Waals surface area contributed by atoms with Crippen molar-refractivity contribution in [3.63, 3.8) is 0 Å². The molecule has 1 amide bonds. The van der Waals surface area contributed by atoms with Gasteiger partial charge < -0.3 is 14.6 Å². The van der Waals surface area contributed by atoms with E-state index in [1.807, 2.05) is 42.5 Å². The Bertz CT molecular complexity index is 995. The van der Waals surface area contributed by atoms with Gasteiger partial charge in [-0.2, -0.15) is 0 Å². The fourth-order valence-electron chi connectivity index (χ4n) is 3.29. The lowest BCUT2D eigenvalue weighted by Gasteiger charge is -2.11. The van der Waals surface area contributed by atoms with Crippen LogP contribution in [-0.4, -0.2) is 28.6 Å². The topological polar surface area (TPSA) is 56.2 Å². The number of imidazole rings is 1. The third-order valence-electron chi connectivity index (χ3n) is 4.88. The molecule has 1 N–H and O–H groups in total. The van der Waals surface area contributed by atoms with Crippen molar-refractivity contribution in [2.75, 3.05) is 13.2 Å². The van der Waals surface area contributed by atoms with E-state index in [1.54, 1.807) is 6.92 Å². The molecule has 0 atom stereocenters. The summed E-state index contributed by atoms with van der Waals surface area (Å²) in [5, 5.41) is 3.58. The number of aromatic nitrogens is 2. The molecule has 158 valence electrons. The summed E-state index contributed by atoms with van der Waals surface area (Å²) in [6.07, 6.45) is 3.88. The first-order valence-electron chi connectivity index (χ1n) is 10.3. The number of halogens is 1. The van der Waals surface area contributed by atoms with Crippen molar-refractivity contribution < 1.29 is 9.53 Å². The minimum atomic E-state index is -0.0718. The Labute approximate surface area is 182 Å². The Kier molecular flexibility index (Phi) is 7.91. The monoisotopic (exact) mass is 425 g/mol. The zero-order valence-corrected chi connectivity index (χ0v) is 18.1. The maximum Gasteiger partial charge on any atom is 0.246 e. The number of nitrogens with zero attached hydrogens (tertiary/aromatic N) is 2. The summed E-state index contributed by atoms with van der Waals surface area (Å²) in [4.78, 5) is 16.3. The van der Waals surface area contributed by atoms with Crippen LogP contribution >= 0.6 is 11.6 Å². The van der Waals surface area contributed by atoms with Crippen LogP contribution in [0.15, 0.2) is 60.7 Å². The first-order chi connectivity index (χ1) is 14.5. The normalized spacial score (nSPS) is 10.9. The lowest BCUT2D eigenvalue weighted by atomic mass is 10.2. The van der Waals surface area contributed by atoms with Gasteiger partial charge in [0.05, 0.1) is 17.6 Å². The molecular weight excluding hydrogens is 398 g/mol. The number of nitrogens with one attached hydrogen (secondary N) is 1. The molecule has 0 radical (unpaired) electrons. The molecule has 1 aromatic heterocycles. The lowest BCUT2D eigenvalue weighted by molar-refractivity contribution is -0.117. The van der Waals surface area contributed by atoms with E-state index in [1.165, 1.54) is 0 Å². The molecule has 0 bridgehead atoms. The molecule has 3 rings (SSSR count). The molecule has 0 spiro atoms. The highest BCUT2D eigenvalue weighted by atomic mass is 35.5. The third kappa shape index (κ3) is 6.10. The van der Waals surface area contributed by atoms with Gasteiger partial charge in [-0.15, -0.1) is 0 Å². The van der Waals surface area contributed by atoms with Crippen LogP contribution in [0.25, 0.3) is 11.0 Å². The van der Waals surface area contributed by atoms with Gasteiger partial charge in [0, 0.05) is 23.6 Å². The average molecular weight is 426 g/mol. The molecule has 0 unspecified atom stereocenters. The lowest BCUT2D eigenvalue weighted by Crippen LogP contribution is -2.24. The van der Waals surface area contributed by atoms with Gasteiger partial charge >= 0.3 is 0 Å². The van der Waals surface area contributed by atoms with Crippen molar-refractivity contribution in [2.24, 2.45) is 0 Å². The van der Waals surface area contributed by atoms with Crippen molar-refractivity contribution in [1.82, 2.24) is 14.9 Å². The molecule has 2 aromatic carbocycles. The summed E-state index contributed by atoms with van der Waals surface area (Å²) in [6, 6.07) is 15.6. The average Bonchev–Trinajstić information content (AvgIpc) is 3.09. The van der Waals surface area contributed by atoms with E-state index < -0.39 is 0 Å². The summed E-state index contributed by atoms with van der Waals surface area (Å²) in [6.45, 7) is 7.33. The fraction of sp³-hybridized carbons (Fsp3) is 0.333. The Morgan fingerprint density at radius 1 is 1.13 bits per heavy atom. The van der Waals surface area contributed by atoms with Crippen LogP contribution in [-0.2, 0) is 17.8 Å². The quantitative estimate of drug-likeness (QED) is 0.340. The van der Waals surface area contributed by atoms with E-state index in [0.29, 0.717) is 23.7 Å². The van der Waals surface area contributed by atoms with Gasteiger partial charge in [0.2, 0.25) is 5.91 Å². The second-order valence-electron chi connectivity index (χ2n) is 7.32. The second kappa shape index (κ2) is 10.8. The number of carbonyl (C=O) groups excluding carboxylic acids is 1. The summed E-state index contributed by atoms with van der Waals surface area (Å²) in [5.74, 6) is 1.81. The summed E-state index contributed by atoms with van der Waals surface area (Å²) in [5.41, 5.74) is 2.68. The number of rotatable bonds is 11. The van der Waals surface area contributed by atoms with Crippen LogP contribution < -0.4 is 10.1 Å². The predicted molar refractivity (Wildman–Crippen MR) is 122 cm³/mol. The molecule has 0 aliphatic heterocycles. The molecule has 3 aromatic rings. The number of aryl methyl sites for hydroxylation is 1. The zero-order chi connectivity index (χ0) is 21.3. The number of para-hydroxylation sites is 2. The van der Waals surface area contributed by atoms with Gasteiger partial charge in [-0.1, -0.05) is 36.7 Å². The molecule has 5 nitrogen and oxygen atoms in total. The maximum atomic E-state index is 11.5. The Balaban J connectivity index is 1.54. The number of hydrogen-bond acceptors (Lipinski definition) is 3. The summed E-state index contributed by atoms with van der Waals surface area (Å²) >= 11 is 5.93. The van der Waals surface area contributed by atoms with Crippen LogP contribution in [0.4, 0.5) is 0 Å². The van der Waals surface area contributed by atoms with Crippen LogP contribution in [0.2, 0.25) is 5.02 Å². The van der Waals surface area contributed by atoms with E-state index >= 15 is 0 Å². The molecule has 0 aliphatic rings. The molecular formula is C24H28ClN3O2. The SMILES string of the molecule is C=C(C)C(=O)NCCCCCc1nc2ccccc2n1CCOc1ccc(Cl)cc1. The van der Waals surface area contributed by atoms with Crippen LogP contribution in [0.1, 0.15) is 32.0 Å². The molecule has 1 heterocycles. The van der Waals surface area contributed by atoms with E-state index in [0.717, 1.165) is 54.8 Å². The van der Waals surface area contributed by atoms with Gasteiger partial charge in [-0.3, -0.25) is 4.79 Å². The Morgan fingerprint density at radius 3 is 2.67 bits per heavy atom. The standard InChI is InChI=1S/C24H28ClN3O2/c1-18(2)24(29)26-15-7-3-4-10-23-27-21-8-5-6-9-22(21)28(23)16-17-30-20-13-11-19(25)12-14-20/h5-6,8-9,11-14H,1,3-4,7,10,15-17H2,2H3,(H,26,29). The van der Waals surface area contributed by atoms with Crippen molar-refractivity contribution in [3.05, 3.63) is 71.5 Å². The van der Waals surface area contributed by atoms with Crippen molar-refractivity contribution in [2.45, 2.75) is 39.2 Å². The third-order valence-corrected chi connectivity index (χ3v) is 5.13. The van der Waals surface area contributed by atoms with E-state index in [9.17, 15) is 4.79 Å². The maximum absolute atomic E-state index is 11.5. The molecule has 30 heavy (non-hydrogen) atoms. The van der Waals surface area contributed by atoms with Gasteiger partial charge in [0.15, 0.2) is 0 Å². The minimum Gasteiger partial charge on any atom is -0.492 e. The van der Waals surface area contributed by atoms with Crippen LogP contribution in [0.3, 0.4) is 0 Å². The number of hydrogen-bond donors (Lipinski definition) is 1. The van der Waals surface area contributed by atoms with Gasteiger partial charge in [0.25, 0.3) is 0 Å². The van der Waals surface area contributed by atoms with Gasteiger partial charge in [0.1, 0.15) is 18.2 Å². The summed E-state index contributed by atoms with van der Waals surface area (Å²) in [7, 11) is 0. The molecule has 0 fully saturated rings. The number of amides is 1. The van der Waals surface area contributed by atoms with Gasteiger partial charge in [-0.25, -0.2) is 4.98 Å². The fourth-order valence-corrected chi connectivity index (χ4v) is 3.42. The van der Waals surface area contributed by atoms with Crippen LogP contribution in [0.5, 0.6) is 5.75 Å². The molecule has 0 saturated carbocycles. The number of unbranched alkanes of at least 4 members (excludes halogenated alkanes) is 2. The van der Waals surface area contributed by atoms with Crippen molar-refractivity contribution in [1.29, 1.82) is 0 Å². The minimum absolute atomic E-state index is 0.0718. The van der Waals surface area contributed by atoms with E-state index in [-0.39, 0.29) is 5.91 Å². The number of carbonyl (C=O) groups is 1. The Morgan fingerprint density at radius 2 is 1.90 bits per heavy atom. The van der Waals surface area contributed by atoms with Crippen molar-refractivity contribution >= 4 is 28.5 Å². The highest BCUT2D eigenvalue weighted by Crippen LogP contribution is 2.19. The largest absolute Gasteiger partial charge is 0.492 e. The molecule has 0 aliphatic carbocycles. The van der Waals surface area contributed by atoms with E-state index in [4.69, 9.17) is 21.3 Å². The van der Waals surface area contributed by atoms with Crippen molar-refractivity contribution in [3.8, 4) is 5.75 Å². The van der Waals surface area contributed by atoms with Crippen LogP contribution in [0, 0.1) is 0 Å². The van der Waals surface area contributed by atoms with Gasteiger partial charge in [-0.05, 0) is 56.2 Å². The first kappa shape index (κ1) is 21.9. The number of ether oxygens (including phenoxy) is 1. The Hall–Kier alpha value is -2.79. The number of benzene rings is 2. The van der Waals surface area contributed by atoms with E-state index in [2.05, 4.69) is 22.5 Å². The second-order valence-corrected chi connectivity index (χ2v) is 7.75.